The number of nitrogens with one attached hydrogen (secondary N) is 3. The molecule has 9 heteroatoms. The molecule has 2 rings (SSSR count). The maximum absolute atomic E-state index is 12.1. The van der Waals surface area contributed by atoms with Crippen molar-refractivity contribution in [2.24, 2.45) is 4.99 Å². The standard InChI is InChI=1S/C19H29N5O3.HI/c1-3-20-19(22-14-18(26)24-10-4-5-11-24)21-9-12-27-17-8-6-7-16(13-17)23-15(2)25;/h6-8,13H,3-5,9-12,14H2,1-2H3,(H,23,25)(H2,20,21,22);1H. The fourth-order valence-corrected chi connectivity index (χ4v) is 2.76. The molecule has 2 amide bonds. The van der Waals surface area contributed by atoms with Gasteiger partial charge in [0.05, 0.1) is 6.54 Å². The van der Waals surface area contributed by atoms with Gasteiger partial charge in [0.15, 0.2) is 5.96 Å². The number of hydrogen-bond donors (Lipinski definition) is 3. The van der Waals surface area contributed by atoms with E-state index in [-0.39, 0.29) is 42.3 Å². The van der Waals surface area contributed by atoms with Crippen LogP contribution in [0.4, 0.5) is 5.69 Å². The van der Waals surface area contributed by atoms with Gasteiger partial charge in [0.25, 0.3) is 0 Å². The summed E-state index contributed by atoms with van der Waals surface area (Å²) in [6.45, 7) is 6.94. The maximum atomic E-state index is 12.1. The quantitative estimate of drug-likeness (QED) is 0.218. The highest BCUT2D eigenvalue weighted by Crippen LogP contribution is 2.17. The molecule has 0 atom stereocenters. The molecule has 0 saturated carbocycles. The molecule has 0 radical (unpaired) electrons. The molecule has 28 heavy (non-hydrogen) atoms. The zero-order valence-corrected chi connectivity index (χ0v) is 18.8. The highest BCUT2D eigenvalue weighted by molar-refractivity contribution is 14.0. The van der Waals surface area contributed by atoms with Gasteiger partial charge in [-0.2, -0.15) is 0 Å². The van der Waals surface area contributed by atoms with Gasteiger partial charge in [0.2, 0.25) is 11.8 Å². The number of hydrogen-bond acceptors (Lipinski definition) is 4. The summed E-state index contributed by atoms with van der Waals surface area (Å²) in [5, 5.41) is 9.00. The third-order valence-corrected chi connectivity index (χ3v) is 3.99. The van der Waals surface area contributed by atoms with E-state index in [2.05, 4.69) is 20.9 Å². The molecule has 1 fully saturated rings. The lowest BCUT2D eigenvalue weighted by Gasteiger charge is -2.15. The average Bonchev–Trinajstić information content (AvgIpc) is 3.17. The Morgan fingerprint density at radius 2 is 1.96 bits per heavy atom. The molecule has 8 nitrogen and oxygen atoms in total. The number of halogens is 1. The summed E-state index contributed by atoms with van der Waals surface area (Å²) in [4.78, 5) is 29.4. The van der Waals surface area contributed by atoms with Crippen LogP contribution in [0.5, 0.6) is 5.75 Å². The van der Waals surface area contributed by atoms with Crippen LogP contribution in [0.3, 0.4) is 0 Å². The van der Waals surface area contributed by atoms with Crippen molar-refractivity contribution in [2.75, 3.05) is 44.6 Å². The molecule has 1 aromatic rings. The number of guanidine groups is 1. The first-order valence-corrected chi connectivity index (χ1v) is 9.39. The Labute approximate surface area is 183 Å². The number of nitrogens with zero attached hydrogens (tertiary/aromatic N) is 2. The number of ether oxygens (including phenoxy) is 1. The summed E-state index contributed by atoms with van der Waals surface area (Å²) >= 11 is 0. The molecule has 0 bridgehead atoms. The molecule has 1 aromatic carbocycles. The van der Waals surface area contributed by atoms with Gasteiger partial charge < -0.3 is 25.6 Å². The molecule has 1 aliphatic heterocycles. The summed E-state index contributed by atoms with van der Waals surface area (Å²) < 4.78 is 5.69. The second-order valence-electron chi connectivity index (χ2n) is 6.27. The number of likely N-dealkylation sites (tertiary alicyclic amines) is 1. The lowest BCUT2D eigenvalue weighted by molar-refractivity contribution is -0.128. The SMILES string of the molecule is CCNC(=NCC(=O)N1CCCC1)NCCOc1cccc(NC(C)=O)c1.I. The van der Waals surface area contributed by atoms with Gasteiger partial charge in [-0.3, -0.25) is 9.59 Å². The lowest BCUT2D eigenvalue weighted by atomic mass is 10.3. The van der Waals surface area contributed by atoms with E-state index in [1.807, 2.05) is 24.0 Å². The number of aliphatic imine (C=N–C) groups is 1. The molecule has 1 heterocycles. The van der Waals surface area contributed by atoms with E-state index in [0.717, 1.165) is 25.9 Å². The Hall–Kier alpha value is -2.04. The summed E-state index contributed by atoms with van der Waals surface area (Å²) in [6, 6.07) is 7.23. The van der Waals surface area contributed by atoms with Crippen LogP contribution in [0.2, 0.25) is 0 Å². The lowest BCUT2D eigenvalue weighted by Crippen LogP contribution is -2.40. The van der Waals surface area contributed by atoms with Crippen molar-refractivity contribution in [1.29, 1.82) is 0 Å². The second kappa shape index (κ2) is 13.2. The number of benzene rings is 1. The Morgan fingerprint density at radius 3 is 2.64 bits per heavy atom. The van der Waals surface area contributed by atoms with Crippen LogP contribution in [-0.4, -0.2) is 62.0 Å². The molecule has 0 spiro atoms. The first kappa shape index (κ1) is 24.0. The van der Waals surface area contributed by atoms with Gasteiger partial charge >= 0.3 is 0 Å². The largest absolute Gasteiger partial charge is 0.492 e. The van der Waals surface area contributed by atoms with E-state index in [1.165, 1.54) is 6.92 Å². The van der Waals surface area contributed by atoms with Crippen LogP contribution in [0.15, 0.2) is 29.3 Å². The van der Waals surface area contributed by atoms with Crippen LogP contribution >= 0.6 is 24.0 Å². The van der Waals surface area contributed by atoms with Crippen LogP contribution in [0, 0.1) is 0 Å². The van der Waals surface area contributed by atoms with E-state index in [4.69, 9.17) is 4.74 Å². The smallest absolute Gasteiger partial charge is 0.244 e. The van der Waals surface area contributed by atoms with E-state index in [1.54, 1.807) is 12.1 Å². The van der Waals surface area contributed by atoms with Gasteiger partial charge in [0.1, 0.15) is 18.9 Å². The number of rotatable bonds is 8. The second-order valence-corrected chi connectivity index (χ2v) is 6.27. The molecule has 0 aromatic heterocycles. The van der Waals surface area contributed by atoms with Crippen molar-refractivity contribution in [1.82, 2.24) is 15.5 Å². The van der Waals surface area contributed by atoms with Crippen LogP contribution in [0.1, 0.15) is 26.7 Å². The fraction of sp³-hybridized carbons (Fsp3) is 0.526. The topological polar surface area (TPSA) is 95.1 Å². The Kier molecular flexibility index (Phi) is 11.3. The third kappa shape index (κ3) is 8.77. The third-order valence-electron chi connectivity index (χ3n) is 3.99. The Morgan fingerprint density at radius 1 is 1.21 bits per heavy atom. The molecule has 0 aliphatic carbocycles. The zero-order valence-electron chi connectivity index (χ0n) is 16.5. The molecular formula is C19H30IN5O3. The monoisotopic (exact) mass is 503 g/mol. The number of carbonyl (C=O) groups excluding carboxylic acids is 2. The van der Waals surface area contributed by atoms with Crippen LogP contribution in [0.25, 0.3) is 0 Å². The van der Waals surface area contributed by atoms with Crippen molar-refractivity contribution in [3.05, 3.63) is 24.3 Å². The summed E-state index contributed by atoms with van der Waals surface area (Å²) in [5.41, 5.74) is 0.697. The highest BCUT2D eigenvalue weighted by atomic mass is 127. The number of carbonyl (C=O) groups is 2. The predicted octanol–water partition coefficient (Wildman–Crippen LogP) is 1.82. The summed E-state index contributed by atoms with van der Waals surface area (Å²) in [7, 11) is 0. The molecule has 1 saturated heterocycles. The Bertz CT molecular complexity index is 663. The minimum absolute atomic E-state index is 0. The van der Waals surface area contributed by atoms with Crippen LogP contribution < -0.4 is 20.7 Å². The van der Waals surface area contributed by atoms with Gasteiger partial charge in [-0.25, -0.2) is 4.99 Å². The maximum Gasteiger partial charge on any atom is 0.244 e. The van der Waals surface area contributed by atoms with Gasteiger partial charge in [-0.1, -0.05) is 6.07 Å². The zero-order chi connectivity index (χ0) is 19.5. The molecule has 156 valence electrons. The first-order chi connectivity index (χ1) is 13.1. The van der Waals surface area contributed by atoms with Gasteiger partial charge in [0, 0.05) is 38.3 Å². The molecular weight excluding hydrogens is 473 g/mol. The van der Waals surface area contributed by atoms with E-state index >= 15 is 0 Å². The van der Waals surface area contributed by atoms with Crippen molar-refractivity contribution < 1.29 is 14.3 Å². The minimum atomic E-state index is -0.121. The summed E-state index contributed by atoms with van der Waals surface area (Å²) in [5.74, 6) is 1.22. The van der Waals surface area contributed by atoms with Crippen molar-refractivity contribution >= 4 is 47.4 Å². The van der Waals surface area contributed by atoms with Gasteiger partial charge in [-0.15, -0.1) is 24.0 Å². The predicted molar refractivity (Wildman–Crippen MR) is 121 cm³/mol. The minimum Gasteiger partial charge on any atom is -0.492 e. The number of amides is 2. The summed E-state index contributed by atoms with van der Waals surface area (Å²) in [6.07, 6.45) is 2.16. The first-order valence-electron chi connectivity index (χ1n) is 9.39. The fourth-order valence-electron chi connectivity index (χ4n) is 2.76. The van der Waals surface area contributed by atoms with Crippen molar-refractivity contribution in [3.63, 3.8) is 0 Å². The van der Waals surface area contributed by atoms with E-state index in [9.17, 15) is 9.59 Å². The van der Waals surface area contributed by atoms with E-state index < -0.39 is 0 Å². The highest BCUT2D eigenvalue weighted by Gasteiger charge is 2.17. The average molecular weight is 503 g/mol. The van der Waals surface area contributed by atoms with Gasteiger partial charge in [-0.05, 0) is 31.9 Å². The Balaban J connectivity index is 0.00000392. The number of anilines is 1. The van der Waals surface area contributed by atoms with Crippen molar-refractivity contribution in [3.8, 4) is 5.75 Å². The molecule has 0 unspecified atom stereocenters. The van der Waals surface area contributed by atoms with Crippen LogP contribution in [-0.2, 0) is 9.59 Å². The van der Waals surface area contributed by atoms with E-state index in [0.29, 0.717) is 37.1 Å². The molecule has 1 aliphatic rings. The molecule has 3 N–H and O–H groups in total. The van der Waals surface area contributed by atoms with Crippen molar-refractivity contribution in [2.45, 2.75) is 26.7 Å². The normalized spacial score (nSPS) is 13.5.